The van der Waals surface area contributed by atoms with E-state index in [1.807, 2.05) is 21.1 Å². The van der Waals surface area contributed by atoms with Gasteiger partial charge in [0.15, 0.2) is 11.9 Å². The summed E-state index contributed by atoms with van der Waals surface area (Å²) in [6.07, 6.45) is 2.83. The molecule has 15 heavy (non-hydrogen) atoms. The van der Waals surface area contributed by atoms with E-state index < -0.39 is 6.10 Å². The maximum absolute atomic E-state index is 11.4. The highest BCUT2D eigenvalue weighted by Crippen LogP contribution is 2.04. The van der Waals surface area contributed by atoms with Gasteiger partial charge in [0.2, 0.25) is 0 Å². The van der Waals surface area contributed by atoms with E-state index in [0.717, 1.165) is 19.3 Å². The average Bonchev–Trinajstić information content (AvgIpc) is 2.01. The van der Waals surface area contributed by atoms with Crippen molar-refractivity contribution in [1.82, 2.24) is 0 Å². The van der Waals surface area contributed by atoms with Crippen LogP contribution in [-0.2, 0) is 4.79 Å². The number of hydrogen-bond acceptors (Lipinski definition) is 2. The minimum atomic E-state index is -0.785. The Bertz CT molecular complexity index is 178. The summed E-state index contributed by atoms with van der Waals surface area (Å²) >= 11 is 0. The van der Waals surface area contributed by atoms with E-state index >= 15 is 0 Å². The fourth-order valence-corrected chi connectivity index (χ4v) is 1.34. The molecule has 0 saturated carbocycles. The van der Waals surface area contributed by atoms with Crippen LogP contribution in [0.25, 0.3) is 0 Å². The van der Waals surface area contributed by atoms with Gasteiger partial charge in [-0.25, -0.2) is 0 Å². The molecule has 4 heteroatoms. The lowest BCUT2D eigenvalue weighted by molar-refractivity contribution is -0.872. The molecule has 1 unspecified atom stereocenters. The van der Waals surface area contributed by atoms with E-state index in [2.05, 4.69) is 6.92 Å². The number of rotatable bonds is 7. The molecule has 0 aromatic rings. The summed E-state index contributed by atoms with van der Waals surface area (Å²) < 4.78 is 0.626. The fraction of sp³-hybridized carbons (Fsp3) is 0.909. The van der Waals surface area contributed by atoms with Crippen LogP contribution in [-0.4, -0.2) is 49.2 Å². The van der Waals surface area contributed by atoms with E-state index in [0.29, 0.717) is 17.4 Å². The van der Waals surface area contributed by atoms with Crippen LogP contribution in [0.1, 0.15) is 32.6 Å². The molecule has 0 fully saturated rings. The van der Waals surface area contributed by atoms with Gasteiger partial charge in [0.25, 0.3) is 0 Å². The molecule has 0 heterocycles. The van der Waals surface area contributed by atoms with E-state index in [9.17, 15) is 9.90 Å². The van der Waals surface area contributed by atoms with Crippen molar-refractivity contribution < 1.29 is 26.8 Å². The Labute approximate surface area is 99.5 Å². The number of aliphatic hydroxyl groups excluding tert-OH is 1. The smallest absolute Gasteiger partial charge is 0.167 e. The topological polar surface area (TPSA) is 37.3 Å². The van der Waals surface area contributed by atoms with Gasteiger partial charge in [-0.2, -0.15) is 0 Å². The van der Waals surface area contributed by atoms with E-state index in [4.69, 9.17) is 0 Å². The van der Waals surface area contributed by atoms with Crippen LogP contribution in [0.3, 0.4) is 0 Å². The third-order valence-electron chi connectivity index (χ3n) is 2.12. The number of halogens is 1. The van der Waals surface area contributed by atoms with Crippen LogP contribution in [0.15, 0.2) is 0 Å². The molecule has 0 aromatic carbocycles. The highest BCUT2D eigenvalue weighted by Gasteiger charge is 2.21. The SMILES string of the molecule is CCCCCC(=O)C(O)C[N+](C)(C)C.[Cl-]. The normalized spacial score (nSPS) is 13.1. The molecule has 3 nitrogen and oxygen atoms in total. The number of unbranched alkanes of at least 4 members (excludes halogenated alkanes) is 2. The molecule has 0 aromatic heterocycles. The first-order valence-electron chi connectivity index (χ1n) is 5.38. The van der Waals surface area contributed by atoms with Gasteiger partial charge in [-0.15, -0.1) is 0 Å². The van der Waals surface area contributed by atoms with Gasteiger partial charge in [0.05, 0.1) is 21.1 Å². The van der Waals surface area contributed by atoms with Gasteiger partial charge < -0.3 is 22.0 Å². The maximum Gasteiger partial charge on any atom is 0.167 e. The first kappa shape index (κ1) is 17.3. The lowest BCUT2D eigenvalue weighted by Gasteiger charge is -2.26. The van der Waals surface area contributed by atoms with Gasteiger partial charge in [-0.05, 0) is 6.42 Å². The van der Waals surface area contributed by atoms with Crippen LogP contribution < -0.4 is 12.4 Å². The number of likely N-dealkylation sites (N-methyl/N-ethyl adjacent to an activating group) is 1. The highest BCUT2D eigenvalue weighted by molar-refractivity contribution is 5.82. The predicted octanol–water partition coefficient (Wildman–Crippen LogP) is -1.79. The Hall–Kier alpha value is -0.120. The molecular weight excluding hydrogens is 214 g/mol. The number of nitrogens with zero attached hydrogens (tertiary/aromatic N) is 1. The Morgan fingerprint density at radius 2 is 1.80 bits per heavy atom. The highest BCUT2D eigenvalue weighted by atomic mass is 35.5. The summed E-state index contributed by atoms with van der Waals surface area (Å²) in [5.74, 6) is -0.00787. The molecule has 0 aliphatic carbocycles. The van der Waals surface area contributed by atoms with Crippen LogP contribution in [0.2, 0.25) is 0 Å². The lowest BCUT2D eigenvalue weighted by Crippen LogP contribution is -3.00. The standard InChI is InChI=1S/C11H24NO2.ClH/c1-5-6-7-8-10(13)11(14)9-12(2,3)4;/h11,14H,5-9H2,1-4H3;1H/q+1;/p-1. The molecule has 1 N–H and O–H groups in total. The van der Waals surface area contributed by atoms with E-state index in [1.165, 1.54) is 0 Å². The molecule has 0 bridgehead atoms. The van der Waals surface area contributed by atoms with Gasteiger partial charge in [-0.1, -0.05) is 19.8 Å². The first-order chi connectivity index (χ1) is 6.37. The summed E-state index contributed by atoms with van der Waals surface area (Å²) in [6.45, 7) is 2.61. The van der Waals surface area contributed by atoms with Crippen molar-refractivity contribution >= 4 is 5.78 Å². The second kappa shape index (κ2) is 8.08. The van der Waals surface area contributed by atoms with Crippen LogP contribution >= 0.6 is 0 Å². The average molecular weight is 238 g/mol. The third-order valence-corrected chi connectivity index (χ3v) is 2.12. The molecule has 0 saturated heterocycles. The predicted molar refractivity (Wildman–Crippen MR) is 58.1 cm³/mol. The largest absolute Gasteiger partial charge is 1.00 e. The summed E-state index contributed by atoms with van der Waals surface area (Å²) in [7, 11) is 5.92. The number of aliphatic hydroxyl groups is 1. The van der Waals surface area contributed by atoms with Crippen molar-refractivity contribution in [3.8, 4) is 0 Å². The minimum Gasteiger partial charge on any atom is -1.00 e. The van der Waals surface area contributed by atoms with Crippen molar-refractivity contribution in [3.63, 3.8) is 0 Å². The first-order valence-corrected chi connectivity index (χ1v) is 5.38. The quantitative estimate of drug-likeness (QED) is 0.420. The molecule has 0 radical (unpaired) electrons. The second-order valence-corrected chi connectivity index (χ2v) is 4.91. The Morgan fingerprint density at radius 1 is 1.27 bits per heavy atom. The summed E-state index contributed by atoms with van der Waals surface area (Å²) in [4.78, 5) is 11.4. The number of carbonyl (C=O) groups excluding carboxylic acids is 1. The van der Waals surface area contributed by atoms with Crippen molar-refractivity contribution in [2.45, 2.75) is 38.7 Å². The number of quaternary nitrogens is 1. The van der Waals surface area contributed by atoms with Gasteiger partial charge in [0, 0.05) is 6.42 Å². The summed E-state index contributed by atoms with van der Waals surface area (Å²) in [6, 6.07) is 0. The molecule has 0 amide bonds. The summed E-state index contributed by atoms with van der Waals surface area (Å²) in [5, 5.41) is 9.59. The van der Waals surface area contributed by atoms with Crippen molar-refractivity contribution in [3.05, 3.63) is 0 Å². The van der Waals surface area contributed by atoms with Crippen molar-refractivity contribution in [2.75, 3.05) is 27.7 Å². The van der Waals surface area contributed by atoms with Gasteiger partial charge >= 0.3 is 0 Å². The molecule has 0 aliphatic heterocycles. The Morgan fingerprint density at radius 3 is 2.20 bits per heavy atom. The van der Waals surface area contributed by atoms with Gasteiger partial charge in [0.1, 0.15) is 6.54 Å². The van der Waals surface area contributed by atoms with Crippen LogP contribution in [0.5, 0.6) is 0 Å². The zero-order chi connectivity index (χ0) is 11.2. The molecule has 0 rings (SSSR count). The molecule has 1 atom stereocenters. The number of Topliss-reactive ketones (excluding diaryl/α,β-unsaturated/α-hetero) is 1. The zero-order valence-electron chi connectivity index (χ0n) is 10.3. The third kappa shape index (κ3) is 10.2. The lowest BCUT2D eigenvalue weighted by atomic mass is 10.1. The maximum atomic E-state index is 11.4. The number of hydrogen-bond donors (Lipinski definition) is 1. The zero-order valence-corrected chi connectivity index (χ0v) is 11.0. The fourth-order valence-electron chi connectivity index (χ4n) is 1.34. The molecule has 0 spiro atoms. The van der Waals surface area contributed by atoms with E-state index in [1.54, 1.807) is 0 Å². The van der Waals surface area contributed by atoms with E-state index in [-0.39, 0.29) is 18.2 Å². The van der Waals surface area contributed by atoms with Gasteiger partial charge in [-0.3, -0.25) is 4.79 Å². The van der Waals surface area contributed by atoms with Crippen molar-refractivity contribution in [2.24, 2.45) is 0 Å². The molecular formula is C11H24ClNO2. The number of ketones is 1. The number of carbonyl (C=O) groups is 1. The molecule has 0 aliphatic rings. The summed E-state index contributed by atoms with van der Waals surface area (Å²) in [5.41, 5.74) is 0. The Kier molecular flexibility index (Phi) is 9.31. The molecule has 92 valence electrons. The van der Waals surface area contributed by atoms with Crippen LogP contribution in [0.4, 0.5) is 0 Å². The van der Waals surface area contributed by atoms with Crippen molar-refractivity contribution in [1.29, 1.82) is 0 Å². The second-order valence-electron chi connectivity index (χ2n) is 4.91. The monoisotopic (exact) mass is 237 g/mol. The van der Waals surface area contributed by atoms with Crippen LogP contribution in [0, 0.1) is 0 Å². The Balaban J connectivity index is 0. The minimum absolute atomic E-state index is 0.